The Hall–Kier alpha value is -2.71. The molecule has 0 bridgehead atoms. The summed E-state index contributed by atoms with van der Waals surface area (Å²) in [7, 11) is 1.92. The van der Waals surface area contributed by atoms with Crippen LogP contribution in [0.25, 0.3) is 11.3 Å². The molecule has 1 N–H and O–H groups in total. The molecule has 3 aromatic rings. The van der Waals surface area contributed by atoms with Gasteiger partial charge in [0, 0.05) is 45.5 Å². The monoisotopic (exact) mass is 507 g/mol. The van der Waals surface area contributed by atoms with Crippen molar-refractivity contribution in [1.82, 2.24) is 14.7 Å². The van der Waals surface area contributed by atoms with Gasteiger partial charge in [-0.1, -0.05) is 61.9 Å². The van der Waals surface area contributed by atoms with Gasteiger partial charge in [0.05, 0.1) is 24.4 Å². The number of aromatic nitrogens is 2. The second-order valence-corrected chi connectivity index (χ2v) is 10.5. The molecule has 0 radical (unpaired) electrons. The first-order valence-electron chi connectivity index (χ1n) is 13.3. The largest absolute Gasteiger partial charge is 0.439 e. The van der Waals surface area contributed by atoms with Crippen molar-refractivity contribution in [3.63, 3.8) is 0 Å². The number of hydrogen-bond acceptors (Lipinski definition) is 6. The molecule has 7 nitrogen and oxygen atoms in total. The molecule has 0 saturated carbocycles. The van der Waals surface area contributed by atoms with Crippen molar-refractivity contribution in [2.24, 2.45) is 13.0 Å². The molecule has 1 aliphatic heterocycles. The zero-order valence-corrected chi connectivity index (χ0v) is 22.6. The maximum Gasteiger partial charge on any atom is 0.222 e. The number of rotatable bonds is 13. The summed E-state index contributed by atoms with van der Waals surface area (Å²) < 4.78 is 19.9. The third-order valence-electron chi connectivity index (χ3n) is 6.47. The van der Waals surface area contributed by atoms with Crippen LogP contribution in [0, 0.1) is 12.8 Å². The summed E-state index contributed by atoms with van der Waals surface area (Å²) in [4.78, 5) is 2.25. The molecule has 0 unspecified atom stereocenters. The van der Waals surface area contributed by atoms with E-state index in [0.29, 0.717) is 38.1 Å². The minimum Gasteiger partial charge on any atom is -0.439 e. The Kier molecular flexibility index (Phi) is 9.75. The van der Waals surface area contributed by atoms with Crippen molar-refractivity contribution in [1.29, 1.82) is 0 Å². The molecule has 0 amide bonds. The van der Waals surface area contributed by atoms with Crippen LogP contribution in [0.5, 0.6) is 11.6 Å². The van der Waals surface area contributed by atoms with Crippen molar-refractivity contribution < 1.29 is 19.3 Å². The summed E-state index contributed by atoms with van der Waals surface area (Å²) >= 11 is 0. The first kappa shape index (κ1) is 27.3. The van der Waals surface area contributed by atoms with E-state index in [1.54, 1.807) is 0 Å². The molecule has 0 spiro atoms. The lowest BCUT2D eigenvalue weighted by atomic mass is 10.1. The number of aliphatic hydroxyl groups is 1. The Bertz CT molecular complexity index is 1090. The van der Waals surface area contributed by atoms with Gasteiger partial charge >= 0.3 is 0 Å². The summed E-state index contributed by atoms with van der Waals surface area (Å²) in [5, 5.41) is 15.7. The smallest absolute Gasteiger partial charge is 0.222 e. The predicted molar refractivity (Wildman–Crippen MR) is 146 cm³/mol. The molecule has 1 fully saturated rings. The second-order valence-electron chi connectivity index (χ2n) is 10.5. The van der Waals surface area contributed by atoms with Crippen LogP contribution < -0.4 is 4.74 Å². The van der Waals surface area contributed by atoms with E-state index in [0.717, 1.165) is 48.6 Å². The minimum absolute atomic E-state index is 0.155. The molecule has 2 heterocycles. The Morgan fingerprint density at radius 1 is 1.11 bits per heavy atom. The molecule has 200 valence electrons. The van der Waals surface area contributed by atoms with Gasteiger partial charge in [-0.2, -0.15) is 5.10 Å². The standard InChI is InChI=1S/C30H41N3O4/c1-22(2)20-35-21-25(34)17-33(18-27-11-8-16-36-27)19-28-29(24-9-6-5-7-10-24)31-32(4)30(28)37-26-14-12-23(3)13-15-26/h5-7,9-10,12-15,22,25,27,34H,8,11,16-21H2,1-4H3/t25-,27+/m0/s1. The molecular weight excluding hydrogens is 466 g/mol. The van der Waals surface area contributed by atoms with Crippen LogP contribution >= 0.6 is 0 Å². The molecule has 1 aromatic heterocycles. The number of hydrogen-bond donors (Lipinski definition) is 1. The van der Waals surface area contributed by atoms with Crippen molar-refractivity contribution in [3.05, 3.63) is 65.7 Å². The molecule has 7 heteroatoms. The second kappa shape index (κ2) is 13.2. The highest BCUT2D eigenvalue weighted by Gasteiger charge is 2.26. The van der Waals surface area contributed by atoms with Crippen molar-refractivity contribution in [2.45, 2.75) is 52.4 Å². The number of ether oxygens (including phenoxy) is 3. The van der Waals surface area contributed by atoms with Gasteiger partial charge in [-0.15, -0.1) is 0 Å². The lowest BCUT2D eigenvalue weighted by Gasteiger charge is -2.28. The summed E-state index contributed by atoms with van der Waals surface area (Å²) in [5.41, 5.74) is 4.08. The van der Waals surface area contributed by atoms with Gasteiger partial charge in [0.1, 0.15) is 11.4 Å². The van der Waals surface area contributed by atoms with Gasteiger partial charge in [0.2, 0.25) is 5.88 Å². The molecule has 1 aliphatic rings. The van der Waals surface area contributed by atoms with Gasteiger partial charge in [-0.3, -0.25) is 4.90 Å². The fourth-order valence-corrected chi connectivity index (χ4v) is 4.66. The maximum absolute atomic E-state index is 10.8. The fraction of sp³-hybridized carbons (Fsp3) is 0.500. The highest BCUT2D eigenvalue weighted by Crippen LogP contribution is 2.34. The molecule has 2 aromatic carbocycles. The molecule has 1 saturated heterocycles. The van der Waals surface area contributed by atoms with Crippen LogP contribution in [0.3, 0.4) is 0 Å². The summed E-state index contributed by atoms with van der Waals surface area (Å²) in [5.74, 6) is 1.90. The first-order chi connectivity index (χ1) is 17.9. The number of aliphatic hydroxyl groups excluding tert-OH is 1. The minimum atomic E-state index is -0.599. The van der Waals surface area contributed by atoms with Gasteiger partial charge in [-0.25, -0.2) is 4.68 Å². The van der Waals surface area contributed by atoms with Crippen molar-refractivity contribution >= 4 is 0 Å². The Balaban J connectivity index is 1.62. The zero-order chi connectivity index (χ0) is 26.2. The van der Waals surface area contributed by atoms with Crippen LogP contribution in [0.15, 0.2) is 54.6 Å². The van der Waals surface area contributed by atoms with Crippen LogP contribution in [0.4, 0.5) is 0 Å². The number of nitrogens with zero attached hydrogens (tertiary/aromatic N) is 3. The van der Waals surface area contributed by atoms with Gasteiger partial charge in [-0.05, 0) is 37.8 Å². The molecule has 2 atom stereocenters. The van der Waals surface area contributed by atoms with Gasteiger partial charge in [0.25, 0.3) is 0 Å². The number of aryl methyl sites for hydroxylation is 2. The first-order valence-corrected chi connectivity index (χ1v) is 13.3. The third-order valence-corrected chi connectivity index (χ3v) is 6.47. The third kappa shape index (κ3) is 7.89. The highest BCUT2D eigenvalue weighted by molar-refractivity contribution is 5.65. The van der Waals surface area contributed by atoms with Crippen molar-refractivity contribution in [2.75, 3.05) is 32.9 Å². The van der Waals surface area contributed by atoms with E-state index >= 15 is 0 Å². The van der Waals surface area contributed by atoms with Gasteiger partial charge in [0.15, 0.2) is 0 Å². The summed E-state index contributed by atoms with van der Waals surface area (Å²) in [6, 6.07) is 18.2. The van der Waals surface area contributed by atoms with Crippen LogP contribution in [-0.2, 0) is 23.1 Å². The lowest BCUT2D eigenvalue weighted by Crippen LogP contribution is -2.39. The Morgan fingerprint density at radius 3 is 2.54 bits per heavy atom. The fourth-order valence-electron chi connectivity index (χ4n) is 4.66. The quantitative estimate of drug-likeness (QED) is 0.343. The zero-order valence-electron chi connectivity index (χ0n) is 22.6. The lowest BCUT2D eigenvalue weighted by molar-refractivity contribution is -0.00399. The average molecular weight is 508 g/mol. The normalized spacial score (nSPS) is 16.6. The highest BCUT2D eigenvalue weighted by atomic mass is 16.5. The van der Waals surface area contributed by atoms with E-state index in [9.17, 15) is 5.11 Å². The SMILES string of the molecule is Cc1ccc(Oc2c(CN(C[C@H](O)COCC(C)C)C[C@H]3CCCO3)c(-c3ccccc3)nn2C)cc1. The number of benzene rings is 2. The van der Waals surface area contributed by atoms with E-state index in [-0.39, 0.29) is 6.10 Å². The van der Waals surface area contributed by atoms with E-state index in [1.165, 1.54) is 5.56 Å². The molecule has 0 aliphatic carbocycles. The van der Waals surface area contributed by atoms with Crippen LogP contribution in [0.1, 0.15) is 37.8 Å². The van der Waals surface area contributed by atoms with E-state index in [1.807, 2.05) is 54.2 Å². The average Bonchev–Trinajstić information content (AvgIpc) is 3.49. The summed E-state index contributed by atoms with van der Waals surface area (Å²) in [6.07, 6.45) is 1.66. The van der Waals surface area contributed by atoms with Crippen LogP contribution in [-0.4, -0.2) is 64.9 Å². The Morgan fingerprint density at radius 2 is 1.86 bits per heavy atom. The van der Waals surface area contributed by atoms with E-state index < -0.39 is 6.10 Å². The van der Waals surface area contributed by atoms with Crippen LogP contribution in [0.2, 0.25) is 0 Å². The summed E-state index contributed by atoms with van der Waals surface area (Å²) in [6.45, 7) is 9.80. The molecule has 4 rings (SSSR count). The predicted octanol–water partition coefficient (Wildman–Crippen LogP) is 5.20. The molecular formula is C30H41N3O4. The van der Waals surface area contributed by atoms with Crippen molar-refractivity contribution in [3.8, 4) is 22.9 Å². The van der Waals surface area contributed by atoms with E-state index in [4.69, 9.17) is 19.3 Å². The van der Waals surface area contributed by atoms with Gasteiger partial charge < -0.3 is 19.3 Å². The Labute approximate surface area is 221 Å². The molecule has 37 heavy (non-hydrogen) atoms. The maximum atomic E-state index is 10.8. The van der Waals surface area contributed by atoms with E-state index in [2.05, 4.69) is 37.8 Å². The topological polar surface area (TPSA) is 69.0 Å².